The molecule has 0 atom stereocenters. The summed E-state index contributed by atoms with van der Waals surface area (Å²) in [4.78, 5) is 2.12. The Kier molecular flexibility index (Phi) is 4.58. The Bertz CT molecular complexity index is 371. The molecule has 0 saturated heterocycles. The molecule has 0 radical (unpaired) electrons. The average Bonchev–Trinajstić information content (AvgIpc) is 2.66. The van der Waals surface area contributed by atoms with Crippen LogP contribution in [0.15, 0.2) is 47.3 Å². The molecule has 0 bridgehead atoms. The highest BCUT2D eigenvalue weighted by Crippen LogP contribution is 2.33. The molecule has 1 aliphatic rings. The van der Waals surface area contributed by atoms with Gasteiger partial charge in [-0.1, -0.05) is 12.2 Å². The highest BCUT2D eigenvalue weighted by atomic mass is 15.1. The largest absolute Gasteiger partial charge is 0.405 e. The lowest BCUT2D eigenvalue weighted by Gasteiger charge is -2.17. The molecule has 0 aromatic rings. The lowest BCUT2D eigenvalue weighted by molar-refractivity contribution is 0.521. The van der Waals surface area contributed by atoms with Crippen molar-refractivity contribution in [3.63, 3.8) is 0 Å². The molecule has 1 rings (SSSR count). The molecule has 0 saturated carbocycles. The molecular formula is C13H19N3. The quantitative estimate of drug-likeness (QED) is 0.709. The first-order valence-corrected chi connectivity index (χ1v) is 5.36. The third-order valence-electron chi connectivity index (χ3n) is 2.52. The number of allylic oxidation sites excluding steroid dienone is 6. The number of likely N-dealkylation sites (N-methyl/N-ethyl adjacent to an activating group) is 1. The molecule has 0 aromatic carbocycles. The van der Waals surface area contributed by atoms with Crippen LogP contribution in [0.4, 0.5) is 0 Å². The molecule has 0 unspecified atom stereocenters. The van der Waals surface area contributed by atoms with E-state index in [9.17, 15) is 0 Å². The molecule has 0 aromatic heterocycles. The van der Waals surface area contributed by atoms with Gasteiger partial charge in [0.05, 0.1) is 0 Å². The van der Waals surface area contributed by atoms with Gasteiger partial charge >= 0.3 is 0 Å². The summed E-state index contributed by atoms with van der Waals surface area (Å²) in [5.74, 6) is 0. The van der Waals surface area contributed by atoms with E-state index in [0.29, 0.717) is 0 Å². The van der Waals surface area contributed by atoms with Gasteiger partial charge in [-0.25, -0.2) is 0 Å². The third kappa shape index (κ3) is 2.86. The van der Waals surface area contributed by atoms with Crippen molar-refractivity contribution in [1.29, 1.82) is 5.41 Å². The summed E-state index contributed by atoms with van der Waals surface area (Å²) >= 11 is 0. The van der Waals surface area contributed by atoms with Gasteiger partial charge in [0.1, 0.15) is 0 Å². The van der Waals surface area contributed by atoms with Crippen LogP contribution >= 0.6 is 0 Å². The Morgan fingerprint density at radius 2 is 2.00 bits per heavy atom. The minimum atomic E-state index is 1.03. The van der Waals surface area contributed by atoms with Crippen LogP contribution in [0, 0.1) is 5.41 Å². The Labute approximate surface area is 97.1 Å². The Morgan fingerprint density at radius 1 is 1.25 bits per heavy atom. The molecule has 3 heteroatoms. The SMILES string of the molecule is CN(C)C1=C(/C=C/C=N)CC/C1=C\C=C\N. The summed E-state index contributed by atoms with van der Waals surface area (Å²) in [6.45, 7) is 0. The normalized spacial score (nSPS) is 19.2. The van der Waals surface area contributed by atoms with Crippen molar-refractivity contribution in [2.45, 2.75) is 12.8 Å². The fourth-order valence-electron chi connectivity index (χ4n) is 1.95. The second-order valence-electron chi connectivity index (χ2n) is 3.87. The van der Waals surface area contributed by atoms with Crippen LogP contribution < -0.4 is 5.73 Å². The van der Waals surface area contributed by atoms with Gasteiger partial charge in [0.15, 0.2) is 0 Å². The van der Waals surface area contributed by atoms with Crippen molar-refractivity contribution in [1.82, 2.24) is 4.90 Å². The van der Waals surface area contributed by atoms with E-state index >= 15 is 0 Å². The van der Waals surface area contributed by atoms with Crippen LogP contribution in [0.25, 0.3) is 0 Å². The molecule has 3 nitrogen and oxygen atoms in total. The van der Waals surface area contributed by atoms with E-state index in [1.807, 2.05) is 26.2 Å². The summed E-state index contributed by atoms with van der Waals surface area (Å²) in [6, 6.07) is 0. The number of nitrogens with two attached hydrogens (primary N) is 1. The average molecular weight is 217 g/mol. The van der Waals surface area contributed by atoms with Gasteiger partial charge in [-0.05, 0) is 42.3 Å². The molecule has 1 aliphatic carbocycles. The second kappa shape index (κ2) is 5.95. The van der Waals surface area contributed by atoms with E-state index in [0.717, 1.165) is 12.8 Å². The van der Waals surface area contributed by atoms with E-state index in [2.05, 4.69) is 11.0 Å². The third-order valence-corrected chi connectivity index (χ3v) is 2.52. The maximum atomic E-state index is 7.01. The van der Waals surface area contributed by atoms with E-state index in [-0.39, 0.29) is 0 Å². The van der Waals surface area contributed by atoms with Gasteiger partial charge in [-0.3, -0.25) is 0 Å². The highest BCUT2D eigenvalue weighted by molar-refractivity contribution is 5.69. The van der Waals surface area contributed by atoms with Gasteiger partial charge in [0, 0.05) is 26.0 Å². The standard InChI is InChI=1S/C13H19N3/c1-16(2)13-11(5-3-9-14)7-8-12(13)6-4-10-15/h3-6,9-10,14H,7-8,15H2,1-2H3/b5-3+,10-4+,12-6+,14-9?. The fourth-order valence-corrected chi connectivity index (χ4v) is 1.95. The summed E-state index contributed by atoms with van der Waals surface area (Å²) < 4.78 is 0. The fraction of sp³-hybridized carbons (Fsp3) is 0.308. The molecule has 16 heavy (non-hydrogen) atoms. The van der Waals surface area contributed by atoms with Crippen LogP contribution in [-0.2, 0) is 0 Å². The Balaban J connectivity index is 3.05. The van der Waals surface area contributed by atoms with Crippen LogP contribution in [-0.4, -0.2) is 25.2 Å². The van der Waals surface area contributed by atoms with E-state index in [1.54, 1.807) is 12.3 Å². The smallest absolute Gasteiger partial charge is 0.0426 e. The van der Waals surface area contributed by atoms with E-state index < -0.39 is 0 Å². The zero-order valence-corrected chi connectivity index (χ0v) is 9.90. The zero-order chi connectivity index (χ0) is 12.0. The summed E-state index contributed by atoms with van der Waals surface area (Å²) in [6.07, 6.45) is 12.6. The molecule has 0 fully saturated rings. The van der Waals surface area contributed by atoms with Crippen LogP contribution in [0.3, 0.4) is 0 Å². The summed E-state index contributed by atoms with van der Waals surface area (Å²) in [7, 11) is 4.08. The predicted molar refractivity (Wildman–Crippen MR) is 69.3 cm³/mol. The predicted octanol–water partition coefficient (Wildman–Crippen LogP) is 2.20. The van der Waals surface area contributed by atoms with Crippen molar-refractivity contribution in [2.75, 3.05) is 14.1 Å². The van der Waals surface area contributed by atoms with Crippen molar-refractivity contribution >= 4 is 6.21 Å². The molecule has 0 aliphatic heterocycles. The van der Waals surface area contributed by atoms with Gasteiger partial charge < -0.3 is 16.0 Å². The van der Waals surface area contributed by atoms with Gasteiger partial charge in [-0.15, -0.1) is 0 Å². The highest BCUT2D eigenvalue weighted by Gasteiger charge is 2.18. The lowest BCUT2D eigenvalue weighted by atomic mass is 10.1. The van der Waals surface area contributed by atoms with Gasteiger partial charge in [0.25, 0.3) is 0 Å². The second-order valence-corrected chi connectivity index (χ2v) is 3.87. The van der Waals surface area contributed by atoms with E-state index in [4.69, 9.17) is 11.1 Å². The maximum absolute atomic E-state index is 7.01. The lowest BCUT2D eigenvalue weighted by Crippen LogP contribution is -2.12. The molecule has 0 spiro atoms. The minimum Gasteiger partial charge on any atom is -0.405 e. The minimum absolute atomic E-state index is 1.03. The molecular weight excluding hydrogens is 198 g/mol. The summed E-state index contributed by atoms with van der Waals surface area (Å²) in [5.41, 5.74) is 9.18. The van der Waals surface area contributed by atoms with Crippen LogP contribution in [0.5, 0.6) is 0 Å². The number of nitrogens with zero attached hydrogens (tertiary/aromatic N) is 1. The van der Waals surface area contributed by atoms with Crippen molar-refractivity contribution in [3.05, 3.63) is 47.3 Å². The van der Waals surface area contributed by atoms with Crippen molar-refractivity contribution < 1.29 is 0 Å². The monoisotopic (exact) mass is 217 g/mol. The first-order chi connectivity index (χ1) is 7.70. The number of hydrogen-bond acceptors (Lipinski definition) is 3. The molecule has 3 N–H and O–H groups in total. The van der Waals surface area contributed by atoms with E-state index in [1.165, 1.54) is 23.1 Å². The zero-order valence-electron chi connectivity index (χ0n) is 9.90. The molecule has 86 valence electrons. The van der Waals surface area contributed by atoms with Gasteiger partial charge in [0.2, 0.25) is 0 Å². The van der Waals surface area contributed by atoms with Crippen molar-refractivity contribution in [3.8, 4) is 0 Å². The first kappa shape index (κ1) is 12.3. The Hall–Kier alpha value is -1.77. The first-order valence-electron chi connectivity index (χ1n) is 5.36. The van der Waals surface area contributed by atoms with Crippen LogP contribution in [0.1, 0.15) is 12.8 Å². The maximum Gasteiger partial charge on any atom is 0.0426 e. The van der Waals surface area contributed by atoms with Gasteiger partial charge in [-0.2, -0.15) is 0 Å². The summed E-state index contributed by atoms with van der Waals surface area (Å²) in [5, 5.41) is 7.01. The molecule has 0 amide bonds. The Morgan fingerprint density at radius 3 is 2.56 bits per heavy atom. The van der Waals surface area contributed by atoms with Crippen LogP contribution in [0.2, 0.25) is 0 Å². The number of nitrogens with one attached hydrogen (secondary N) is 1. The topological polar surface area (TPSA) is 53.1 Å². The number of rotatable bonds is 4. The molecule has 0 heterocycles. The number of hydrogen-bond donors (Lipinski definition) is 2. The van der Waals surface area contributed by atoms with Crippen molar-refractivity contribution in [2.24, 2.45) is 5.73 Å².